The predicted octanol–water partition coefficient (Wildman–Crippen LogP) is 5.25. The van der Waals surface area contributed by atoms with Crippen LogP contribution >= 0.6 is 0 Å². The molecular formula is C42H52N6O6. The Hall–Kier alpha value is -5.36. The molecular weight excluding hydrogens is 684 g/mol. The summed E-state index contributed by atoms with van der Waals surface area (Å²) in [5.74, 6) is 13.0. The molecule has 3 aliphatic rings. The number of nitrogens with one attached hydrogen (secondary N) is 2. The van der Waals surface area contributed by atoms with Gasteiger partial charge in [-0.15, -0.1) is 0 Å². The van der Waals surface area contributed by atoms with E-state index < -0.39 is 18.1 Å². The summed E-state index contributed by atoms with van der Waals surface area (Å²) < 4.78 is 9.61. The van der Waals surface area contributed by atoms with E-state index in [9.17, 15) is 19.2 Å². The number of methoxy groups -OCH3 is 2. The van der Waals surface area contributed by atoms with Crippen molar-refractivity contribution in [3.05, 3.63) is 64.9 Å². The van der Waals surface area contributed by atoms with E-state index in [2.05, 4.69) is 52.8 Å². The van der Waals surface area contributed by atoms with Gasteiger partial charge in [-0.3, -0.25) is 19.4 Å². The Morgan fingerprint density at radius 3 is 2.06 bits per heavy atom. The fourth-order valence-electron chi connectivity index (χ4n) is 7.34. The minimum atomic E-state index is -0.708. The molecule has 5 rings (SSSR count). The van der Waals surface area contributed by atoms with Gasteiger partial charge in [-0.25, -0.2) is 9.78 Å². The van der Waals surface area contributed by atoms with E-state index in [4.69, 9.17) is 14.5 Å². The number of hydrogen-bond acceptors (Lipinski definition) is 8. The second-order valence-electron chi connectivity index (χ2n) is 15.4. The van der Waals surface area contributed by atoms with Crippen LogP contribution in [-0.4, -0.2) is 88.7 Å². The number of nitrogens with zero attached hydrogens (tertiary/aromatic N) is 4. The highest BCUT2D eigenvalue weighted by Gasteiger charge is 2.42. The number of likely N-dealkylation sites (tertiary alicyclic amines) is 2. The average molecular weight is 737 g/mol. The molecule has 3 amide bonds. The van der Waals surface area contributed by atoms with Crippen LogP contribution in [0.1, 0.15) is 95.9 Å². The van der Waals surface area contributed by atoms with Crippen molar-refractivity contribution in [2.75, 3.05) is 27.3 Å². The predicted molar refractivity (Wildman–Crippen MR) is 205 cm³/mol. The number of H-pyrrole nitrogens is 1. The normalized spacial score (nSPS) is 21.7. The quantitative estimate of drug-likeness (QED) is 0.264. The number of aliphatic imine (C=N–C) groups is 1. The molecule has 0 spiro atoms. The maximum atomic E-state index is 13.6. The van der Waals surface area contributed by atoms with Gasteiger partial charge in [0.25, 0.3) is 0 Å². The van der Waals surface area contributed by atoms with E-state index in [1.54, 1.807) is 17.3 Å². The first-order valence-electron chi connectivity index (χ1n) is 18.7. The second-order valence-corrected chi connectivity index (χ2v) is 15.4. The number of esters is 1. The zero-order valence-corrected chi connectivity index (χ0v) is 32.6. The summed E-state index contributed by atoms with van der Waals surface area (Å²) in [5, 5.41) is 2.68. The highest BCUT2D eigenvalue weighted by molar-refractivity contribution is 5.98. The molecule has 2 fully saturated rings. The number of alkyl carbamates (subject to hydrolysis) is 1. The van der Waals surface area contributed by atoms with Gasteiger partial charge in [-0.2, -0.15) is 0 Å². The van der Waals surface area contributed by atoms with E-state index in [0.717, 1.165) is 35.3 Å². The third-order valence-corrected chi connectivity index (χ3v) is 10.4. The number of hydrogen-bond donors (Lipinski definition) is 2. The van der Waals surface area contributed by atoms with E-state index in [1.165, 1.54) is 14.2 Å². The zero-order valence-electron chi connectivity index (χ0n) is 32.6. The van der Waals surface area contributed by atoms with Crippen LogP contribution in [0.5, 0.6) is 0 Å². The SMILES string of the molecule is COC(=O)C[C@H](C(=O)N1C[C@@H](C)C[C@H]1C1=NC=C(C#Cc2ccc(C#Cc3cnc([C@@H]4C[C@@H](C)CN4C(=O)[C@@H](NC(=O)OC)C(C)C)[nH]3)cc2)C1)C(C)C. The first kappa shape index (κ1) is 39.8. The Morgan fingerprint density at radius 1 is 0.852 bits per heavy atom. The van der Waals surface area contributed by atoms with Crippen molar-refractivity contribution in [1.82, 2.24) is 25.1 Å². The minimum Gasteiger partial charge on any atom is -0.469 e. The van der Waals surface area contributed by atoms with Crippen molar-refractivity contribution in [2.24, 2.45) is 34.6 Å². The number of ether oxygens (including phenoxy) is 2. The van der Waals surface area contributed by atoms with Gasteiger partial charge in [-0.1, -0.05) is 59.3 Å². The van der Waals surface area contributed by atoms with E-state index in [-0.39, 0.29) is 54.0 Å². The van der Waals surface area contributed by atoms with E-state index in [1.807, 2.05) is 56.9 Å². The Bertz CT molecular complexity index is 1910. The summed E-state index contributed by atoms with van der Waals surface area (Å²) in [6.45, 7) is 13.1. The summed E-state index contributed by atoms with van der Waals surface area (Å²) in [7, 11) is 2.63. The molecule has 1 aromatic heterocycles. The largest absolute Gasteiger partial charge is 0.469 e. The fraction of sp³-hybridized carbons (Fsp3) is 0.524. The van der Waals surface area contributed by atoms with Crippen LogP contribution in [0.4, 0.5) is 4.79 Å². The number of amides is 3. The maximum Gasteiger partial charge on any atom is 0.407 e. The van der Waals surface area contributed by atoms with Crippen molar-refractivity contribution in [3.8, 4) is 23.7 Å². The molecule has 2 saturated heterocycles. The van der Waals surface area contributed by atoms with Gasteiger partial charge in [0.15, 0.2) is 0 Å². The summed E-state index contributed by atoms with van der Waals surface area (Å²) in [6.07, 6.45) is 5.07. The van der Waals surface area contributed by atoms with Crippen LogP contribution in [0, 0.1) is 53.3 Å². The van der Waals surface area contributed by atoms with Crippen LogP contribution in [0.3, 0.4) is 0 Å². The topological polar surface area (TPSA) is 146 Å². The smallest absolute Gasteiger partial charge is 0.407 e. The zero-order chi connectivity index (χ0) is 39.1. The molecule has 6 atom stereocenters. The van der Waals surface area contributed by atoms with Gasteiger partial charge in [0, 0.05) is 48.1 Å². The van der Waals surface area contributed by atoms with Gasteiger partial charge in [0.2, 0.25) is 11.8 Å². The molecule has 1 aromatic carbocycles. The molecule has 2 N–H and O–H groups in total. The lowest BCUT2D eigenvalue weighted by Crippen LogP contribution is -2.51. The standard InChI is InChI=1S/C42H52N6O6/c1-25(2)33(20-37(49)53-7)40(50)47-23-27(5)17-35(47)34-19-31(21-43-34)14-13-29-9-11-30(12-10-29)15-16-32-22-44-39(45-32)36-18-28(6)24-48(36)41(51)38(26(3)4)46-42(52)54-8/h9-12,21-22,25-28,33,35-36,38H,17-20,23-24H2,1-8H3,(H,44,45)(H,46,52)/t27-,28+,33-,35-,36-,38-/m0/s1. The van der Waals surface area contributed by atoms with Crippen LogP contribution in [-0.2, 0) is 23.9 Å². The first-order valence-corrected chi connectivity index (χ1v) is 18.7. The molecule has 12 nitrogen and oxygen atoms in total. The van der Waals surface area contributed by atoms with Gasteiger partial charge in [0.05, 0.1) is 44.8 Å². The van der Waals surface area contributed by atoms with Crippen molar-refractivity contribution < 1.29 is 28.7 Å². The van der Waals surface area contributed by atoms with Crippen molar-refractivity contribution in [2.45, 2.75) is 85.4 Å². The fourth-order valence-corrected chi connectivity index (χ4v) is 7.34. The monoisotopic (exact) mass is 736 g/mol. The Balaban J connectivity index is 1.19. The van der Waals surface area contributed by atoms with Crippen LogP contribution in [0.25, 0.3) is 0 Å². The molecule has 12 heteroatoms. The Morgan fingerprint density at radius 2 is 1.46 bits per heavy atom. The number of carbonyl (C=O) groups excluding carboxylic acids is 4. The number of allylic oxidation sites excluding steroid dienone is 1. The molecule has 54 heavy (non-hydrogen) atoms. The van der Waals surface area contributed by atoms with Crippen molar-refractivity contribution in [1.29, 1.82) is 0 Å². The summed E-state index contributed by atoms with van der Waals surface area (Å²) >= 11 is 0. The van der Waals surface area contributed by atoms with Crippen LogP contribution < -0.4 is 5.32 Å². The van der Waals surface area contributed by atoms with Crippen LogP contribution in [0.2, 0.25) is 0 Å². The highest BCUT2D eigenvalue weighted by atomic mass is 16.5. The molecule has 0 bridgehead atoms. The number of imidazole rings is 1. The molecule has 0 radical (unpaired) electrons. The van der Waals surface area contributed by atoms with Gasteiger partial charge in [-0.05, 0) is 66.7 Å². The maximum absolute atomic E-state index is 13.6. The van der Waals surface area contributed by atoms with E-state index >= 15 is 0 Å². The highest BCUT2D eigenvalue weighted by Crippen LogP contribution is 2.35. The van der Waals surface area contributed by atoms with Gasteiger partial charge in [0.1, 0.15) is 17.6 Å². The number of benzene rings is 1. The molecule has 4 heterocycles. The lowest BCUT2D eigenvalue weighted by atomic mass is 9.90. The number of aromatic amines is 1. The molecule has 286 valence electrons. The lowest BCUT2D eigenvalue weighted by molar-refractivity contribution is -0.148. The number of carbonyl (C=O) groups is 4. The third kappa shape index (κ3) is 9.59. The number of rotatable bonds is 9. The molecule has 3 aliphatic heterocycles. The van der Waals surface area contributed by atoms with E-state index in [0.29, 0.717) is 36.9 Å². The molecule has 0 saturated carbocycles. The molecule has 2 aromatic rings. The molecule has 0 aliphatic carbocycles. The number of aromatic nitrogens is 2. The third-order valence-electron chi connectivity index (χ3n) is 10.4. The summed E-state index contributed by atoms with van der Waals surface area (Å²) in [4.78, 5) is 67.5. The molecule has 0 unspecified atom stereocenters. The Labute approximate surface area is 318 Å². The van der Waals surface area contributed by atoms with Crippen LogP contribution in [0.15, 0.2) is 47.2 Å². The second kappa shape index (κ2) is 17.6. The first-order chi connectivity index (χ1) is 25.8. The van der Waals surface area contributed by atoms with Gasteiger partial charge >= 0.3 is 12.1 Å². The van der Waals surface area contributed by atoms with Crippen molar-refractivity contribution in [3.63, 3.8) is 0 Å². The lowest BCUT2D eigenvalue weighted by Gasteiger charge is -2.30. The minimum absolute atomic E-state index is 0.00687. The van der Waals surface area contributed by atoms with Gasteiger partial charge < -0.3 is 29.6 Å². The average Bonchev–Trinajstić information content (AvgIpc) is 3.97. The Kier molecular flexibility index (Phi) is 13.0. The summed E-state index contributed by atoms with van der Waals surface area (Å²) in [5.41, 5.74) is 4.12. The van der Waals surface area contributed by atoms with Crippen molar-refractivity contribution >= 4 is 29.6 Å². The summed E-state index contributed by atoms with van der Waals surface area (Å²) in [6, 6.07) is 6.62.